The Hall–Kier alpha value is -0.540. The summed E-state index contributed by atoms with van der Waals surface area (Å²) in [6.45, 7) is 2.22. The van der Waals surface area contributed by atoms with E-state index in [1.54, 1.807) is 0 Å². The SMILES string of the molecule is CCC(CCS)c1nc2ccccc2s1. The van der Waals surface area contributed by atoms with Crippen molar-refractivity contribution < 1.29 is 0 Å². The molecule has 1 heterocycles. The van der Waals surface area contributed by atoms with Gasteiger partial charge in [0.05, 0.1) is 15.2 Å². The number of hydrogen-bond donors (Lipinski definition) is 1. The van der Waals surface area contributed by atoms with Crippen LogP contribution in [0, 0.1) is 0 Å². The van der Waals surface area contributed by atoms with Crippen molar-refractivity contribution in [2.75, 3.05) is 5.75 Å². The quantitative estimate of drug-likeness (QED) is 0.790. The molecule has 0 amide bonds. The summed E-state index contributed by atoms with van der Waals surface area (Å²) >= 11 is 6.13. The molecule has 80 valence electrons. The van der Waals surface area contributed by atoms with Crippen LogP contribution in [0.15, 0.2) is 24.3 Å². The first-order chi connectivity index (χ1) is 7.35. The van der Waals surface area contributed by atoms with E-state index in [2.05, 4.69) is 42.7 Å². The molecule has 0 saturated heterocycles. The van der Waals surface area contributed by atoms with Gasteiger partial charge in [-0.2, -0.15) is 12.6 Å². The molecule has 2 rings (SSSR count). The number of thiazole rings is 1. The van der Waals surface area contributed by atoms with Gasteiger partial charge in [-0.3, -0.25) is 0 Å². The van der Waals surface area contributed by atoms with Crippen LogP contribution in [0.2, 0.25) is 0 Å². The van der Waals surface area contributed by atoms with E-state index < -0.39 is 0 Å². The molecule has 0 aliphatic carbocycles. The average molecular weight is 237 g/mol. The fourth-order valence-corrected chi connectivity index (χ4v) is 3.22. The van der Waals surface area contributed by atoms with Crippen molar-refractivity contribution in [3.8, 4) is 0 Å². The zero-order valence-electron chi connectivity index (χ0n) is 8.81. The molecule has 0 bridgehead atoms. The first-order valence-electron chi connectivity index (χ1n) is 5.31. The van der Waals surface area contributed by atoms with Crippen LogP contribution in [-0.4, -0.2) is 10.7 Å². The van der Waals surface area contributed by atoms with Crippen molar-refractivity contribution in [2.24, 2.45) is 0 Å². The van der Waals surface area contributed by atoms with Gasteiger partial charge < -0.3 is 0 Å². The second-order valence-electron chi connectivity index (χ2n) is 3.64. The number of thiol groups is 1. The second-order valence-corrected chi connectivity index (χ2v) is 5.15. The fraction of sp³-hybridized carbons (Fsp3) is 0.417. The lowest BCUT2D eigenvalue weighted by molar-refractivity contribution is 0.645. The van der Waals surface area contributed by atoms with Crippen molar-refractivity contribution >= 4 is 34.2 Å². The number of para-hydroxylation sites is 1. The summed E-state index contributed by atoms with van der Waals surface area (Å²) in [5, 5.41) is 1.27. The highest BCUT2D eigenvalue weighted by Gasteiger charge is 2.13. The summed E-state index contributed by atoms with van der Waals surface area (Å²) in [6.07, 6.45) is 2.28. The van der Waals surface area contributed by atoms with E-state index in [1.165, 1.54) is 9.71 Å². The standard InChI is InChI=1S/C12H15NS2/c1-2-9(7-8-14)12-13-10-5-3-4-6-11(10)15-12/h3-6,9,14H,2,7-8H2,1H3. The minimum Gasteiger partial charge on any atom is -0.241 e. The Kier molecular flexibility index (Phi) is 3.65. The summed E-state index contributed by atoms with van der Waals surface area (Å²) in [6, 6.07) is 8.35. The molecule has 1 nitrogen and oxygen atoms in total. The lowest BCUT2D eigenvalue weighted by Crippen LogP contribution is -1.97. The number of fused-ring (bicyclic) bond motifs is 1. The molecule has 0 N–H and O–H groups in total. The van der Waals surface area contributed by atoms with Gasteiger partial charge in [0.1, 0.15) is 0 Å². The summed E-state index contributed by atoms with van der Waals surface area (Å²) in [5.41, 5.74) is 1.13. The predicted molar refractivity (Wildman–Crippen MR) is 71.1 cm³/mol. The largest absolute Gasteiger partial charge is 0.241 e. The zero-order valence-corrected chi connectivity index (χ0v) is 10.5. The Morgan fingerprint density at radius 1 is 1.40 bits per heavy atom. The van der Waals surface area contributed by atoms with E-state index in [0.29, 0.717) is 5.92 Å². The third kappa shape index (κ3) is 2.34. The van der Waals surface area contributed by atoms with E-state index in [4.69, 9.17) is 0 Å². The average Bonchev–Trinajstić information content (AvgIpc) is 2.69. The van der Waals surface area contributed by atoms with Crippen LogP contribution in [0.3, 0.4) is 0 Å². The maximum absolute atomic E-state index is 4.69. The molecule has 1 unspecified atom stereocenters. The van der Waals surface area contributed by atoms with Crippen LogP contribution in [-0.2, 0) is 0 Å². The molecule has 0 fully saturated rings. The lowest BCUT2D eigenvalue weighted by Gasteiger charge is -2.08. The van der Waals surface area contributed by atoms with Gasteiger partial charge in [0, 0.05) is 5.92 Å². The molecule has 0 aliphatic rings. The monoisotopic (exact) mass is 237 g/mol. The van der Waals surface area contributed by atoms with Gasteiger partial charge in [0.2, 0.25) is 0 Å². The maximum Gasteiger partial charge on any atom is 0.0969 e. The highest BCUT2D eigenvalue weighted by molar-refractivity contribution is 7.80. The number of aromatic nitrogens is 1. The van der Waals surface area contributed by atoms with Crippen LogP contribution in [0.4, 0.5) is 0 Å². The van der Waals surface area contributed by atoms with E-state index in [-0.39, 0.29) is 0 Å². The maximum atomic E-state index is 4.69. The molecule has 0 spiro atoms. The number of nitrogens with zero attached hydrogens (tertiary/aromatic N) is 1. The van der Waals surface area contributed by atoms with Crippen LogP contribution < -0.4 is 0 Å². The third-order valence-electron chi connectivity index (χ3n) is 2.63. The van der Waals surface area contributed by atoms with Crippen LogP contribution in [0.25, 0.3) is 10.2 Å². The lowest BCUT2D eigenvalue weighted by atomic mass is 10.1. The number of rotatable bonds is 4. The van der Waals surface area contributed by atoms with Crippen LogP contribution >= 0.6 is 24.0 Å². The van der Waals surface area contributed by atoms with Gasteiger partial charge in [-0.05, 0) is 30.7 Å². The van der Waals surface area contributed by atoms with Gasteiger partial charge in [0.15, 0.2) is 0 Å². The molecule has 15 heavy (non-hydrogen) atoms. The van der Waals surface area contributed by atoms with Gasteiger partial charge in [-0.15, -0.1) is 11.3 Å². The molecule has 0 radical (unpaired) electrons. The van der Waals surface area contributed by atoms with E-state index in [0.717, 1.165) is 24.1 Å². The van der Waals surface area contributed by atoms with Crippen molar-refractivity contribution in [1.29, 1.82) is 0 Å². The van der Waals surface area contributed by atoms with Gasteiger partial charge in [-0.1, -0.05) is 19.1 Å². The molecule has 0 aliphatic heterocycles. The topological polar surface area (TPSA) is 12.9 Å². The predicted octanol–water partition coefficient (Wildman–Crippen LogP) is 4.11. The first-order valence-corrected chi connectivity index (χ1v) is 6.76. The molecule has 2 aromatic rings. The Morgan fingerprint density at radius 2 is 2.20 bits per heavy atom. The summed E-state index contributed by atoms with van der Waals surface area (Å²) in [4.78, 5) is 4.69. The fourth-order valence-electron chi connectivity index (χ4n) is 1.72. The molecule has 1 aromatic carbocycles. The molecular weight excluding hydrogens is 222 g/mol. The van der Waals surface area contributed by atoms with Gasteiger partial charge in [0.25, 0.3) is 0 Å². The molecular formula is C12H15NS2. The van der Waals surface area contributed by atoms with Crippen molar-refractivity contribution in [3.05, 3.63) is 29.3 Å². The van der Waals surface area contributed by atoms with Crippen molar-refractivity contribution in [2.45, 2.75) is 25.7 Å². The minimum atomic E-state index is 0.583. The van der Waals surface area contributed by atoms with Crippen molar-refractivity contribution in [3.63, 3.8) is 0 Å². The number of benzene rings is 1. The second kappa shape index (κ2) is 4.99. The molecule has 1 atom stereocenters. The molecule has 1 aromatic heterocycles. The highest BCUT2D eigenvalue weighted by Crippen LogP contribution is 2.31. The van der Waals surface area contributed by atoms with E-state index >= 15 is 0 Å². The Balaban J connectivity index is 2.34. The smallest absolute Gasteiger partial charge is 0.0969 e. The van der Waals surface area contributed by atoms with Crippen molar-refractivity contribution in [1.82, 2.24) is 4.98 Å². The Morgan fingerprint density at radius 3 is 2.87 bits per heavy atom. The number of hydrogen-bond acceptors (Lipinski definition) is 3. The minimum absolute atomic E-state index is 0.583. The third-order valence-corrected chi connectivity index (χ3v) is 4.09. The summed E-state index contributed by atoms with van der Waals surface area (Å²) in [5.74, 6) is 1.52. The molecule has 3 heteroatoms. The van der Waals surface area contributed by atoms with Crippen LogP contribution in [0.1, 0.15) is 30.7 Å². The normalized spacial score (nSPS) is 13.2. The first kappa shape index (κ1) is 11.0. The van der Waals surface area contributed by atoms with Gasteiger partial charge in [-0.25, -0.2) is 4.98 Å². The highest BCUT2D eigenvalue weighted by atomic mass is 32.1. The molecule has 0 saturated carbocycles. The summed E-state index contributed by atoms with van der Waals surface area (Å²) in [7, 11) is 0. The summed E-state index contributed by atoms with van der Waals surface area (Å²) < 4.78 is 1.30. The van der Waals surface area contributed by atoms with Gasteiger partial charge >= 0.3 is 0 Å². The Labute approximate surface area is 100.0 Å². The van der Waals surface area contributed by atoms with E-state index in [1.807, 2.05) is 17.4 Å². The Bertz CT molecular complexity index is 403. The zero-order chi connectivity index (χ0) is 10.7. The van der Waals surface area contributed by atoms with E-state index in [9.17, 15) is 0 Å². The van der Waals surface area contributed by atoms with Crippen LogP contribution in [0.5, 0.6) is 0 Å².